The molecule has 7 aromatic heterocycles. The van der Waals surface area contributed by atoms with Gasteiger partial charge in [-0.1, -0.05) is 44.2 Å². The van der Waals surface area contributed by atoms with Crippen molar-refractivity contribution in [2.24, 2.45) is 17.8 Å². The van der Waals surface area contributed by atoms with Gasteiger partial charge in [-0.05, 0) is 43.4 Å². The predicted octanol–water partition coefficient (Wildman–Crippen LogP) is 6.84. The fraction of sp³-hybridized carbons (Fsp3) is 0.327. The molecule has 10 bridgehead atoms. The summed E-state index contributed by atoms with van der Waals surface area (Å²) in [5.41, 5.74) is 2.15. The first-order valence-corrected chi connectivity index (χ1v) is 31.6. The molecule has 1 unspecified atom stereocenters. The summed E-state index contributed by atoms with van der Waals surface area (Å²) in [6, 6.07) is 9.12. The zero-order valence-electron chi connectivity index (χ0n) is 46.2. The highest BCUT2D eigenvalue weighted by atomic mass is 32.1. The van der Waals surface area contributed by atoms with E-state index < -0.39 is 96.5 Å². The molecular formula is C55H53N13O12S6. The van der Waals surface area contributed by atoms with E-state index in [-0.39, 0.29) is 70.4 Å². The van der Waals surface area contributed by atoms with Crippen molar-refractivity contribution in [3.63, 3.8) is 0 Å². The number of hydrogen-bond donors (Lipinski definition) is 8. The molecule has 86 heavy (non-hydrogen) atoms. The number of anilines is 1. The Bertz CT molecular complexity index is 3900. The summed E-state index contributed by atoms with van der Waals surface area (Å²) < 4.78 is 5.44. The number of aliphatic hydroxyl groups is 1. The maximum absolute atomic E-state index is 14.3. The van der Waals surface area contributed by atoms with Crippen molar-refractivity contribution in [3.8, 4) is 43.4 Å². The topological polar surface area (TPSA) is 360 Å². The van der Waals surface area contributed by atoms with Crippen molar-refractivity contribution in [2.75, 3.05) is 32.1 Å². The van der Waals surface area contributed by atoms with Crippen LogP contribution in [0.1, 0.15) is 119 Å². The number of amides is 6. The Hall–Kier alpha value is -8.17. The highest BCUT2D eigenvalue weighted by Crippen LogP contribution is 2.41. The van der Waals surface area contributed by atoms with Crippen LogP contribution in [0.4, 0.5) is 5.82 Å². The molecule has 1 aromatic carbocycles. The number of aromatic nitrogens is 7. The lowest BCUT2D eigenvalue weighted by Gasteiger charge is -2.34. The summed E-state index contributed by atoms with van der Waals surface area (Å²) in [6.07, 6.45) is -1.44. The van der Waals surface area contributed by atoms with Crippen LogP contribution in [0.3, 0.4) is 0 Å². The molecule has 8 N–H and O–H groups in total. The summed E-state index contributed by atoms with van der Waals surface area (Å²) in [5, 5.41) is 53.7. The minimum atomic E-state index is -1.31. The van der Waals surface area contributed by atoms with Crippen LogP contribution in [0.5, 0.6) is 0 Å². The van der Waals surface area contributed by atoms with Gasteiger partial charge < -0.3 is 46.6 Å². The number of aliphatic carboxylic acids is 2. The Kier molecular flexibility index (Phi) is 18.6. The van der Waals surface area contributed by atoms with E-state index >= 15 is 0 Å². The molecule has 2 aliphatic rings. The van der Waals surface area contributed by atoms with Crippen molar-refractivity contribution in [2.45, 2.75) is 70.9 Å². The van der Waals surface area contributed by atoms with Crippen LogP contribution in [-0.4, -0.2) is 125 Å². The van der Waals surface area contributed by atoms with E-state index in [0.717, 1.165) is 61.6 Å². The monoisotopic (exact) mass is 1280 g/mol. The van der Waals surface area contributed by atoms with E-state index in [4.69, 9.17) is 24.7 Å². The largest absolute Gasteiger partial charge is 0.481 e. The van der Waals surface area contributed by atoms with E-state index in [9.17, 15) is 53.7 Å². The SMILES string of the molecule is CNC(=O)C[C@@H]1NC(=O)c2csc(n2)-c2ccc(-c3nc(N(CC(=O)O)C(=O)C4CC(C(=O)O)C4)cs3)nc2-c2csc(n2)-c2csc(n2)[C@H]([C@@H](O)c2ccccc2)NC(=O)CNC(=O)c2nc(sc2COC)C(C(C)C)NC(=O)c2nc1sc2C. The quantitative estimate of drug-likeness (QED) is 0.0585. The molecule has 10 rings (SSSR count). The Morgan fingerprint density at radius 1 is 0.698 bits per heavy atom. The Labute approximate surface area is 513 Å². The lowest BCUT2D eigenvalue weighted by atomic mass is 9.74. The second-order valence-corrected chi connectivity index (χ2v) is 26.0. The number of rotatable bonds is 13. The first-order valence-electron chi connectivity index (χ1n) is 26.5. The van der Waals surface area contributed by atoms with Gasteiger partial charge in [0.25, 0.3) is 17.7 Å². The minimum Gasteiger partial charge on any atom is -0.481 e. The maximum atomic E-state index is 14.3. The number of carbonyl (C=O) groups is 8. The van der Waals surface area contributed by atoms with E-state index in [2.05, 4.69) is 41.5 Å². The zero-order chi connectivity index (χ0) is 61.1. The molecule has 31 heteroatoms. The minimum absolute atomic E-state index is 0.0155. The number of carboxylic acid groups (broad SMARTS) is 2. The molecule has 0 radical (unpaired) electrons. The van der Waals surface area contributed by atoms with Gasteiger partial charge in [-0.3, -0.25) is 43.3 Å². The van der Waals surface area contributed by atoms with Crippen molar-refractivity contribution < 1.29 is 58.4 Å². The summed E-state index contributed by atoms with van der Waals surface area (Å²) >= 11 is 6.84. The van der Waals surface area contributed by atoms with Gasteiger partial charge in [0, 0.05) is 52.0 Å². The number of nitrogens with one attached hydrogen (secondary N) is 5. The molecule has 1 aliphatic heterocycles. The van der Waals surface area contributed by atoms with Crippen molar-refractivity contribution >= 4 is 121 Å². The number of carbonyl (C=O) groups excluding carboxylic acids is 6. The second-order valence-electron chi connectivity index (χ2n) is 20.2. The number of methoxy groups -OCH3 is 1. The predicted molar refractivity (Wildman–Crippen MR) is 321 cm³/mol. The lowest BCUT2D eigenvalue weighted by Crippen LogP contribution is -2.46. The molecule has 8 heterocycles. The molecule has 8 aromatic rings. The molecule has 446 valence electrons. The molecule has 0 saturated heterocycles. The molecule has 6 amide bonds. The number of aliphatic hydroxyl groups excluding tert-OH is 1. The van der Waals surface area contributed by atoms with Gasteiger partial charge in [-0.15, -0.1) is 68.0 Å². The third-order valence-electron chi connectivity index (χ3n) is 13.9. The first-order chi connectivity index (χ1) is 41.3. The highest BCUT2D eigenvalue weighted by Gasteiger charge is 2.42. The van der Waals surface area contributed by atoms with Crippen LogP contribution in [-0.2, 0) is 35.3 Å². The van der Waals surface area contributed by atoms with Gasteiger partial charge in [0.05, 0.1) is 48.1 Å². The summed E-state index contributed by atoms with van der Waals surface area (Å²) in [6.45, 7) is 4.15. The number of benzene rings is 1. The molecule has 1 saturated carbocycles. The molecule has 25 nitrogen and oxygen atoms in total. The number of thiazole rings is 6. The number of ether oxygens (including phenoxy) is 1. The molecule has 0 spiro atoms. The second kappa shape index (κ2) is 26.2. The lowest BCUT2D eigenvalue weighted by molar-refractivity contribution is -0.148. The van der Waals surface area contributed by atoms with Crippen LogP contribution in [0.2, 0.25) is 0 Å². The fourth-order valence-corrected chi connectivity index (χ4v) is 14.9. The third kappa shape index (κ3) is 13.3. The fourth-order valence-electron chi connectivity index (χ4n) is 9.35. The smallest absolute Gasteiger partial charge is 0.323 e. The van der Waals surface area contributed by atoms with Crippen LogP contribution in [0.15, 0.2) is 64.0 Å². The van der Waals surface area contributed by atoms with Crippen molar-refractivity contribution in [1.82, 2.24) is 61.5 Å². The van der Waals surface area contributed by atoms with Crippen LogP contribution in [0.25, 0.3) is 43.4 Å². The van der Waals surface area contributed by atoms with Crippen molar-refractivity contribution in [3.05, 3.63) is 111 Å². The maximum Gasteiger partial charge on any atom is 0.323 e. The highest BCUT2D eigenvalue weighted by molar-refractivity contribution is 7.15. The molecule has 1 fully saturated rings. The normalized spacial score (nSPS) is 18.6. The number of carboxylic acids is 2. The summed E-state index contributed by atoms with van der Waals surface area (Å²) in [7, 11) is 2.91. The van der Waals surface area contributed by atoms with E-state index in [1.54, 1.807) is 60.1 Å². The Balaban J connectivity index is 1.05. The van der Waals surface area contributed by atoms with E-state index in [1.807, 2.05) is 13.8 Å². The van der Waals surface area contributed by atoms with Crippen LogP contribution < -0.4 is 31.5 Å². The van der Waals surface area contributed by atoms with Gasteiger partial charge in [-0.25, -0.2) is 34.9 Å². The standard InChI is InChI=1S/C55H53N13O12S6/c1-23(2)39-53-67-42(34(86-53)18-80-5)46(75)57-16-37(70)64-43(44(73)25-9-7-6-8-10-25)52-62-33(21-83-52)50-60-31(19-82-50)41-28(11-12-29(58-41)49-63-35(22-84-49)68(17-38(71)72)54(77)26-13-27(14-26)55(78)79)48-61-32(20-81-48)45(74)59-30(15-36(69)56-4)51-66-40(24(3)85-51)47(76)65-39/h6-12,19-23,26-27,30,39,43-44,73H,13-18H2,1-5H3,(H,56,69)(H,57,75)(H,59,74)(H,64,70)(H,65,76)(H,71,72)(H,78,79)/t26?,27?,30-,39?,43-,44-/m0/s1. The molecule has 1 aliphatic carbocycles. The average molecular weight is 1280 g/mol. The van der Waals surface area contributed by atoms with Gasteiger partial charge in [-0.2, -0.15) is 0 Å². The number of hydrogen-bond acceptors (Lipinski definition) is 23. The van der Waals surface area contributed by atoms with Gasteiger partial charge in [0.2, 0.25) is 17.7 Å². The zero-order valence-corrected chi connectivity index (χ0v) is 51.1. The summed E-state index contributed by atoms with van der Waals surface area (Å²) in [4.78, 5) is 142. The number of nitrogens with zero attached hydrogens (tertiary/aromatic N) is 8. The number of fused-ring (bicyclic) bond motifs is 14. The number of aryl methyl sites for hydroxylation is 1. The van der Waals surface area contributed by atoms with Crippen LogP contribution in [0, 0.1) is 24.7 Å². The van der Waals surface area contributed by atoms with Gasteiger partial charge in [0.1, 0.15) is 88.7 Å². The Morgan fingerprint density at radius 2 is 1.40 bits per heavy atom. The summed E-state index contributed by atoms with van der Waals surface area (Å²) in [5.74, 6) is -7.58. The van der Waals surface area contributed by atoms with Crippen LogP contribution >= 0.6 is 68.0 Å². The number of pyridine rings is 1. The van der Waals surface area contributed by atoms with E-state index in [1.165, 1.54) is 36.3 Å². The van der Waals surface area contributed by atoms with Crippen molar-refractivity contribution in [1.29, 1.82) is 0 Å². The van der Waals surface area contributed by atoms with E-state index in [0.29, 0.717) is 58.0 Å². The first kappa shape index (κ1) is 60.9. The van der Waals surface area contributed by atoms with Gasteiger partial charge in [0.15, 0.2) is 0 Å². The molecular weight excluding hydrogens is 1230 g/mol. The van der Waals surface area contributed by atoms with Gasteiger partial charge >= 0.3 is 11.9 Å². The average Bonchev–Trinajstić information content (AvgIpc) is 2.07. The third-order valence-corrected chi connectivity index (χ3v) is 19.6. The molecule has 4 atom stereocenters. The Morgan fingerprint density at radius 3 is 2.12 bits per heavy atom.